The maximum atomic E-state index is 4.27. The van der Waals surface area contributed by atoms with Crippen LogP contribution >= 0.6 is 0 Å². The Morgan fingerprint density at radius 2 is 2.38 bits per heavy atom. The molecule has 1 aliphatic rings. The number of nitrogens with one attached hydrogen (secondary N) is 1. The second-order valence-corrected chi connectivity index (χ2v) is 4.20. The Labute approximate surface area is 79.2 Å². The average molecular weight is 179 g/mol. The van der Waals surface area contributed by atoms with Crippen molar-refractivity contribution >= 4 is 5.95 Å². The number of aryl methyl sites for hydroxylation is 1. The van der Waals surface area contributed by atoms with E-state index in [0.717, 1.165) is 19.0 Å². The van der Waals surface area contributed by atoms with Gasteiger partial charge in [0.25, 0.3) is 0 Å². The van der Waals surface area contributed by atoms with Crippen LogP contribution in [0, 0.1) is 5.41 Å². The van der Waals surface area contributed by atoms with Gasteiger partial charge in [0, 0.05) is 25.5 Å². The van der Waals surface area contributed by atoms with Gasteiger partial charge in [0.15, 0.2) is 0 Å². The number of imidazole rings is 1. The maximum Gasteiger partial charge on any atom is 0.202 e. The molecule has 0 radical (unpaired) electrons. The van der Waals surface area contributed by atoms with Crippen LogP contribution in [-0.2, 0) is 6.54 Å². The highest BCUT2D eigenvalue weighted by molar-refractivity contribution is 5.26. The lowest BCUT2D eigenvalue weighted by atomic mass is 10.1. The maximum absolute atomic E-state index is 4.27. The van der Waals surface area contributed by atoms with Gasteiger partial charge in [0.05, 0.1) is 0 Å². The highest BCUT2D eigenvalue weighted by Crippen LogP contribution is 2.44. The summed E-state index contributed by atoms with van der Waals surface area (Å²) in [6.45, 7) is 6.49. The van der Waals surface area contributed by atoms with Crippen LogP contribution in [0.1, 0.15) is 26.7 Å². The van der Waals surface area contributed by atoms with Crippen LogP contribution in [0.5, 0.6) is 0 Å². The van der Waals surface area contributed by atoms with Crippen molar-refractivity contribution in [3.63, 3.8) is 0 Å². The van der Waals surface area contributed by atoms with E-state index >= 15 is 0 Å². The van der Waals surface area contributed by atoms with Crippen molar-refractivity contribution in [2.24, 2.45) is 5.41 Å². The molecule has 1 fully saturated rings. The Morgan fingerprint density at radius 3 is 3.00 bits per heavy atom. The topological polar surface area (TPSA) is 29.9 Å². The lowest BCUT2D eigenvalue weighted by Crippen LogP contribution is -2.14. The third-order valence-corrected chi connectivity index (χ3v) is 2.83. The van der Waals surface area contributed by atoms with Gasteiger partial charge in [-0.25, -0.2) is 4.98 Å². The molecule has 2 rings (SSSR count). The average Bonchev–Trinajstić information content (AvgIpc) is 2.69. The number of hydrogen-bond acceptors (Lipinski definition) is 2. The summed E-state index contributed by atoms with van der Waals surface area (Å²) >= 11 is 0. The van der Waals surface area contributed by atoms with Gasteiger partial charge >= 0.3 is 0 Å². The number of anilines is 1. The molecule has 0 aliphatic heterocycles. The molecule has 0 saturated heterocycles. The Bertz CT molecular complexity index is 286. The van der Waals surface area contributed by atoms with Crippen LogP contribution in [0.4, 0.5) is 5.95 Å². The molecular weight excluding hydrogens is 162 g/mol. The zero-order valence-electron chi connectivity index (χ0n) is 8.38. The molecule has 1 aromatic heterocycles. The van der Waals surface area contributed by atoms with E-state index in [1.807, 2.05) is 12.4 Å². The van der Waals surface area contributed by atoms with E-state index in [1.165, 1.54) is 12.8 Å². The van der Waals surface area contributed by atoms with Gasteiger partial charge in [0.2, 0.25) is 5.95 Å². The van der Waals surface area contributed by atoms with Crippen LogP contribution in [-0.4, -0.2) is 16.1 Å². The van der Waals surface area contributed by atoms with Crippen molar-refractivity contribution < 1.29 is 0 Å². The van der Waals surface area contributed by atoms with E-state index in [2.05, 4.69) is 28.7 Å². The van der Waals surface area contributed by atoms with Gasteiger partial charge in [-0.3, -0.25) is 0 Å². The first-order chi connectivity index (χ1) is 6.23. The van der Waals surface area contributed by atoms with Crippen molar-refractivity contribution in [1.82, 2.24) is 9.55 Å². The Kier molecular flexibility index (Phi) is 2.02. The van der Waals surface area contributed by atoms with Crippen LogP contribution in [0.25, 0.3) is 0 Å². The molecule has 1 saturated carbocycles. The molecule has 3 nitrogen and oxygen atoms in total. The monoisotopic (exact) mass is 179 g/mol. The lowest BCUT2D eigenvalue weighted by Gasteiger charge is -2.11. The molecule has 13 heavy (non-hydrogen) atoms. The smallest absolute Gasteiger partial charge is 0.202 e. The minimum Gasteiger partial charge on any atom is -0.355 e. The third kappa shape index (κ3) is 1.85. The molecule has 0 unspecified atom stereocenters. The van der Waals surface area contributed by atoms with Gasteiger partial charge in [-0.1, -0.05) is 6.92 Å². The van der Waals surface area contributed by atoms with Crippen molar-refractivity contribution in [2.45, 2.75) is 33.2 Å². The second-order valence-electron chi connectivity index (χ2n) is 4.20. The van der Waals surface area contributed by atoms with Crippen molar-refractivity contribution in [2.75, 3.05) is 11.9 Å². The van der Waals surface area contributed by atoms with Gasteiger partial charge in [-0.2, -0.15) is 0 Å². The Hall–Kier alpha value is -0.990. The van der Waals surface area contributed by atoms with Gasteiger partial charge in [-0.05, 0) is 25.2 Å². The highest BCUT2D eigenvalue weighted by atomic mass is 15.2. The van der Waals surface area contributed by atoms with Crippen LogP contribution in [0.15, 0.2) is 12.4 Å². The zero-order chi connectivity index (χ0) is 9.31. The summed E-state index contributed by atoms with van der Waals surface area (Å²) < 4.78 is 2.13. The predicted octanol–water partition coefficient (Wildman–Crippen LogP) is 2.11. The van der Waals surface area contributed by atoms with E-state index in [-0.39, 0.29) is 0 Å². The molecule has 72 valence electrons. The SMILES string of the molecule is CCn1ccnc1NCC1(C)CC1. The van der Waals surface area contributed by atoms with E-state index in [4.69, 9.17) is 0 Å². The van der Waals surface area contributed by atoms with E-state index in [9.17, 15) is 0 Å². The van der Waals surface area contributed by atoms with Crippen molar-refractivity contribution in [3.8, 4) is 0 Å². The molecule has 0 spiro atoms. The van der Waals surface area contributed by atoms with Gasteiger partial charge in [-0.15, -0.1) is 0 Å². The third-order valence-electron chi connectivity index (χ3n) is 2.83. The predicted molar refractivity (Wildman–Crippen MR) is 53.7 cm³/mol. The minimum atomic E-state index is 0.546. The number of rotatable bonds is 4. The van der Waals surface area contributed by atoms with Crippen LogP contribution in [0.3, 0.4) is 0 Å². The standard InChI is InChI=1S/C10H17N3/c1-3-13-7-6-11-9(13)12-8-10(2)4-5-10/h6-7H,3-5,8H2,1-2H3,(H,11,12). The van der Waals surface area contributed by atoms with Gasteiger partial charge in [0.1, 0.15) is 0 Å². The fraction of sp³-hybridized carbons (Fsp3) is 0.700. The molecule has 1 heterocycles. The summed E-state index contributed by atoms with van der Waals surface area (Å²) in [7, 11) is 0. The van der Waals surface area contributed by atoms with Crippen molar-refractivity contribution in [1.29, 1.82) is 0 Å². The first-order valence-corrected chi connectivity index (χ1v) is 4.98. The summed E-state index contributed by atoms with van der Waals surface area (Å²) in [4.78, 5) is 4.27. The molecular formula is C10H17N3. The summed E-state index contributed by atoms with van der Waals surface area (Å²) in [5, 5.41) is 3.40. The highest BCUT2D eigenvalue weighted by Gasteiger charge is 2.36. The summed E-state index contributed by atoms with van der Waals surface area (Å²) in [5.74, 6) is 1.01. The molecule has 0 atom stereocenters. The summed E-state index contributed by atoms with van der Waals surface area (Å²) in [6.07, 6.45) is 6.57. The van der Waals surface area contributed by atoms with Crippen LogP contribution in [0.2, 0.25) is 0 Å². The number of aromatic nitrogens is 2. The minimum absolute atomic E-state index is 0.546. The second kappa shape index (κ2) is 3.05. The van der Waals surface area contributed by atoms with Gasteiger partial charge < -0.3 is 9.88 Å². The molecule has 1 aliphatic carbocycles. The van der Waals surface area contributed by atoms with E-state index < -0.39 is 0 Å². The molecule has 1 N–H and O–H groups in total. The normalized spacial score (nSPS) is 18.6. The largest absolute Gasteiger partial charge is 0.355 e. The summed E-state index contributed by atoms with van der Waals surface area (Å²) in [6, 6.07) is 0. The fourth-order valence-corrected chi connectivity index (χ4v) is 1.41. The fourth-order valence-electron chi connectivity index (χ4n) is 1.41. The molecule has 1 aromatic rings. The van der Waals surface area contributed by atoms with E-state index in [1.54, 1.807) is 0 Å². The molecule has 0 amide bonds. The number of nitrogens with zero attached hydrogens (tertiary/aromatic N) is 2. The molecule has 0 aromatic carbocycles. The Morgan fingerprint density at radius 1 is 1.62 bits per heavy atom. The van der Waals surface area contributed by atoms with Crippen molar-refractivity contribution in [3.05, 3.63) is 12.4 Å². The first kappa shape index (κ1) is 8.60. The Balaban J connectivity index is 1.93. The lowest BCUT2D eigenvalue weighted by molar-refractivity contribution is 0.603. The first-order valence-electron chi connectivity index (χ1n) is 4.98. The van der Waals surface area contributed by atoms with Crippen LogP contribution < -0.4 is 5.32 Å². The molecule has 0 bridgehead atoms. The molecule has 3 heteroatoms. The summed E-state index contributed by atoms with van der Waals surface area (Å²) in [5.41, 5.74) is 0.546. The quantitative estimate of drug-likeness (QED) is 0.767. The number of hydrogen-bond donors (Lipinski definition) is 1. The van der Waals surface area contributed by atoms with E-state index in [0.29, 0.717) is 5.41 Å². The zero-order valence-corrected chi connectivity index (χ0v) is 8.38.